The van der Waals surface area contributed by atoms with Gasteiger partial charge in [-0.2, -0.15) is 0 Å². The van der Waals surface area contributed by atoms with E-state index in [-0.39, 0.29) is 5.56 Å². The SMILES string of the molecule is COc1cc(Cl)ccc1C(=O)N(NC(=O)c1ccc2nonc2c1)C(C)(C)C. The molecule has 3 aromatic rings. The van der Waals surface area contributed by atoms with Crippen LogP contribution in [0, 0.1) is 0 Å². The summed E-state index contributed by atoms with van der Waals surface area (Å²) >= 11 is 5.98. The van der Waals surface area contributed by atoms with E-state index in [9.17, 15) is 9.59 Å². The normalized spacial score (nSPS) is 11.3. The Labute approximate surface area is 166 Å². The van der Waals surface area contributed by atoms with Crippen LogP contribution in [0.25, 0.3) is 11.0 Å². The van der Waals surface area contributed by atoms with Gasteiger partial charge in [-0.25, -0.2) is 9.64 Å². The van der Waals surface area contributed by atoms with Crippen LogP contribution >= 0.6 is 11.6 Å². The van der Waals surface area contributed by atoms with Crippen molar-refractivity contribution in [2.45, 2.75) is 26.3 Å². The predicted molar refractivity (Wildman–Crippen MR) is 103 cm³/mol. The molecular weight excluding hydrogens is 384 g/mol. The first kappa shape index (κ1) is 19.6. The van der Waals surface area contributed by atoms with Crippen molar-refractivity contribution in [2.75, 3.05) is 7.11 Å². The van der Waals surface area contributed by atoms with Crippen molar-refractivity contribution in [3.05, 3.63) is 52.5 Å². The van der Waals surface area contributed by atoms with E-state index in [1.807, 2.05) is 0 Å². The Balaban J connectivity index is 1.92. The smallest absolute Gasteiger partial charge is 0.276 e. The summed E-state index contributed by atoms with van der Waals surface area (Å²) in [5, 5.41) is 9.13. The summed E-state index contributed by atoms with van der Waals surface area (Å²) in [5.41, 5.74) is 3.53. The molecule has 0 unspecified atom stereocenters. The molecule has 0 aliphatic heterocycles. The molecule has 0 aliphatic rings. The number of amides is 2. The first-order valence-corrected chi connectivity index (χ1v) is 8.80. The Morgan fingerprint density at radius 3 is 2.50 bits per heavy atom. The Bertz CT molecular complexity index is 1040. The number of benzene rings is 2. The molecule has 9 heteroatoms. The highest BCUT2D eigenvalue weighted by Gasteiger charge is 2.31. The van der Waals surface area contributed by atoms with Crippen molar-refractivity contribution >= 4 is 34.4 Å². The van der Waals surface area contributed by atoms with Gasteiger partial charge in [0, 0.05) is 10.6 Å². The summed E-state index contributed by atoms with van der Waals surface area (Å²) in [7, 11) is 1.45. The van der Waals surface area contributed by atoms with E-state index in [1.165, 1.54) is 18.2 Å². The topological polar surface area (TPSA) is 97.6 Å². The summed E-state index contributed by atoms with van der Waals surface area (Å²) < 4.78 is 9.91. The van der Waals surface area contributed by atoms with Gasteiger partial charge < -0.3 is 4.74 Å². The fourth-order valence-electron chi connectivity index (χ4n) is 2.57. The molecule has 1 aromatic heterocycles. The summed E-state index contributed by atoms with van der Waals surface area (Å²) in [6, 6.07) is 9.42. The molecule has 0 atom stereocenters. The van der Waals surface area contributed by atoms with Crippen LogP contribution in [0.3, 0.4) is 0 Å². The maximum absolute atomic E-state index is 13.2. The van der Waals surface area contributed by atoms with Crippen LogP contribution in [0.4, 0.5) is 0 Å². The number of fused-ring (bicyclic) bond motifs is 1. The van der Waals surface area contributed by atoms with Crippen LogP contribution in [0.1, 0.15) is 41.5 Å². The van der Waals surface area contributed by atoms with Crippen molar-refractivity contribution in [2.24, 2.45) is 0 Å². The average molecular weight is 403 g/mol. The van der Waals surface area contributed by atoms with Gasteiger partial charge in [0.25, 0.3) is 11.8 Å². The van der Waals surface area contributed by atoms with Crippen LogP contribution in [-0.2, 0) is 0 Å². The molecule has 1 N–H and O–H groups in total. The third kappa shape index (κ3) is 3.91. The summed E-state index contributed by atoms with van der Waals surface area (Å²) in [6.07, 6.45) is 0. The number of ether oxygens (including phenoxy) is 1. The molecule has 0 saturated heterocycles. The lowest BCUT2D eigenvalue weighted by Crippen LogP contribution is -2.55. The maximum atomic E-state index is 13.2. The quantitative estimate of drug-likeness (QED) is 0.673. The number of halogens is 1. The second kappa shape index (κ2) is 7.47. The maximum Gasteiger partial charge on any atom is 0.276 e. The summed E-state index contributed by atoms with van der Waals surface area (Å²) in [4.78, 5) is 25.9. The van der Waals surface area contributed by atoms with E-state index < -0.39 is 17.4 Å². The van der Waals surface area contributed by atoms with Crippen LogP contribution < -0.4 is 10.2 Å². The Morgan fingerprint density at radius 2 is 1.82 bits per heavy atom. The number of carbonyl (C=O) groups excluding carboxylic acids is 2. The van der Waals surface area contributed by atoms with Gasteiger partial charge in [-0.1, -0.05) is 11.6 Å². The number of hydrogen-bond acceptors (Lipinski definition) is 6. The molecule has 0 bridgehead atoms. The van der Waals surface area contributed by atoms with Gasteiger partial charge >= 0.3 is 0 Å². The lowest BCUT2D eigenvalue weighted by molar-refractivity contribution is 0.0356. The molecule has 1 heterocycles. The number of hydrazine groups is 1. The van der Waals surface area contributed by atoms with E-state index in [0.717, 1.165) is 0 Å². The minimum absolute atomic E-state index is 0.276. The molecule has 2 amide bonds. The highest BCUT2D eigenvalue weighted by Crippen LogP contribution is 2.26. The largest absolute Gasteiger partial charge is 0.496 e. The lowest BCUT2D eigenvalue weighted by atomic mass is 10.1. The monoisotopic (exact) mass is 402 g/mol. The van der Waals surface area contributed by atoms with Crippen LogP contribution in [-0.4, -0.2) is 39.8 Å². The zero-order valence-electron chi connectivity index (χ0n) is 15.8. The van der Waals surface area contributed by atoms with Crippen molar-refractivity contribution in [3.8, 4) is 5.75 Å². The van der Waals surface area contributed by atoms with Gasteiger partial charge in [0.15, 0.2) is 0 Å². The number of nitrogens with zero attached hydrogens (tertiary/aromatic N) is 3. The van der Waals surface area contributed by atoms with E-state index in [0.29, 0.717) is 27.4 Å². The number of hydrogen-bond donors (Lipinski definition) is 1. The molecule has 2 aromatic carbocycles. The fraction of sp³-hybridized carbons (Fsp3) is 0.263. The Kier molecular flexibility index (Phi) is 5.24. The van der Waals surface area contributed by atoms with Crippen LogP contribution in [0.15, 0.2) is 41.0 Å². The van der Waals surface area contributed by atoms with Crippen molar-refractivity contribution in [3.63, 3.8) is 0 Å². The number of aromatic nitrogens is 2. The minimum atomic E-state index is -0.711. The molecule has 146 valence electrons. The van der Waals surface area contributed by atoms with E-state index >= 15 is 0 Å². The molecule has 0 saturated carbocycles. The molecule has 0 radical (unpaired) electrons. The molecule has 8 nitrogen and oxygen atoms in total. The standard InChI is InChI=1S/C19H19ClN4O4/c1-19(2,3)24(18(26)13-7-6-12(20)10-16(13)27-4)21-17(25)11-5-8-14-15(9-11)23-28-22-14/h5-10H,1-4H3,(H,21,25). The zero-order valence-corrected chi connectivity index (χ0v) is 16.6. The first-order valence-electron chi connectivity index (χ1n) is 8.42. The van der Waals surface area contributed by atoms with E-state index in [2.05, 4.69) is 20.4 Å². The zero-order chi connectivity index (χ0) is 20.5. The minimum Gasteiger partial charge on any atom is -0.496 e. The van der Waals surface area contributed by atoms with Crippen LogP contribution in [0.2, 0.25) is 5.02 Å². The second-order valence-corrected chi connectivity index (χ2v) is 7.50. The number of methoxy groups -OCH3 is 1. The van der Waals surface area contributed by atoms with Gasteiger partial charge in [0.1, 0.15) is 16.8 Å². The van der Waals surface area contributed by atoms with Gasteiger partial charge in [-0.05, 0) is 67.5 Å². The Morgan fingerprint density at radius 1 is 1.11 bits per heavy atom. The first-order chi connectivity index (χ1) is 13.2. The van der Waals surface area contributed by atoms with Crippen molar-refractivity contribution in [1.29, 1.82) is 0 Å². The highest BCUT2D eigenvalue weighted by molar-refractivity contribution is 6.30. The number of rotatable bonds is 3. The fourth-order valence-corrected chi connectivity index (χ4v) is 2.74. The summed E-state index contributed by atoms with van der Waals surface area (Å²) in [6.45, 7) is 5.41. The number of nitrogens with one attached hydrogen (secondary N) is 1. The molecule has 0 spiro atoms. The molecule has 0 fully saturated rings. The third-order valence-electron chi connectivity index (χ3n) is 4.00. The molecule has 3 rings (SSSR count). The van der Waals surface area contributed by atoms with Crippen LogP contribution in [0.5, 0.6) is 5.75 Å². The Hall–Kier alpha value is -3.13. The molecular formula is C19H19ClN4O4. The molecule has 28 heavy (non-hydrogen) atoms. The van der Waals surface area contributed by atoms with Gasteiger partial charge in [-0.15, -0.1) is 0 Å². The van der Waals surface area contributed by atoms with Crippen molar-refractivity contribution < 1.29 is 19.0 Å². The average Bonchev–Trinajstić information content (AvgIpc) is 3.12. The predicted octanol–water partition coefficient (Wildman–Crippen LogP) is 3.47. The van der Waals surface area contributed by atoms with Gasteiger partial charge in [0.05, 0.1) is 18.2 Å². The van der Waals surface area contributed by atoms with E-state index in [4.69, 9.17) is 16.3 Å². The van der Waals surface area contributed by atoms with Gasteiger partial charge in [0.2, 0.25) is 0 Å². The third-order valence-corrected chi connectivity index (χ3v) is 4.23. The molecule has 0 aliphatic carbocycles. The number of carbonyl (C=O) groups is 2. The lowest BCUT2D eigenvalue weighted by Gasteiger charge is -2.35. The van der Waals surface area contributed by atoms with Crippen molar-refractivity contribution in [1.82, 2.24) is 20.7 Å². The van der Waals surface area contributed by atoms with Gasteiger partial charge in [-0.3, -0.25) is 15.0 Å². The highest BCUT2D eigenvalue weighted by atomic mass is 35.5. The summed E-state index contributed by atoms with van der Waals surface area (Å²) in [5.74, 6) is -0.587. The second-order valence-electron chi connectivity index (χ2n) is 7.06. The van der Waals surface area contributed by atoms with E-state index in [1.54, 1.807) is 51.1 Å².